The summed E-state index contributed by atoms with van der Waals surface area (Å²) in [6, 6.07) is 2.97. The quantitative estimate of drug-likeness (QED) is 0.526. The molecule has 0 aliphatic rings. The third-order valence-electron chi connectivity index (χ3n) is 2.10. The highest BCUT2D eigenvalue weighted by Crippen LogP contribution is 2.21. The number of carbonyl (C=O) groups is 1. The fourth-order valence-electron chi connectivity index (χ4n) is 1.34. The van der Waals surface area contributed by atoms with Crippen LogP contribution in [0.25, 0.3) is 0 Å². The van der Waals surface area contributed by atoms with Crippen LogP contribution in [0.5, 0.6) is 0 Å². The van der Waals surface area contributed by atoms with E-state index >= 15 is 0 Å². The lowest BCUT2D eigenvalue weighted by Gasteiger charge is -2.10. The largest absolute Gasteiger partial charge is 0.495 e. The maximum atomic E-state index is 11.8. The molecule has 5 nitrogen and oxygen atoms in total. The zero-order chi connectivity index (χ0) is 12.1. The van der Waals surface area contributed by atoms with Crippen molar-refractivity contribution in [3.63, 3.8) is 0 Å². The summed E-state index contributed by atoms with van der Waals surface area (Å²) >= 11 is 0. The molecule has 0 atom stereocenters. The molecule has 16 heavy (non-hydrogen) atoms. The maximum Gasteiger partial charge on any atom is 0.495 e. The summed E-state index contributed by atoms with van der Waals surface area (Å²) in [5.41, 5.74) is 7.16. The molecule has 0 unspecified atom stereocenters. The van der Waals surface area contributed by atoms with E-state index in [-0.39, 0.29) is 25.5 Å². The predicted octanol–water partition coefficient (Wildman–Crippen LogP) is 0.860. The van der Waals surface area contributed by atoms with Gasteiger partial charge in [-0.05, 0) is 17.7 Å². The van der Waals surface area contributed by atoms with Crippen molar-refractivity contribution in [1.29, 1.82) is 0 Å². The number of nitrogens with two attached hydrogens (primary N) is 1. The average molecular weight is 229 g/mol. The standard InChI is InChI=1S/C10H12FNO4/c11-10(15)16-5-6-1-7(3-13)9(12)8(2-6)4-14/h1-2,13-14H,3-5,12H2. The molecular formula is C10H12FNO4. The van der Waals surface area contributed by atoms with Gasteiger partial charge in [0.1, 0.15) is 6.61 Å². The SMILES string of the molecule is Nc1c(CO)cc(COC(=O)F)cc1CO. The van der Waals surface area contributed by atoms with Gasteiger partial charge >= 0.3 is 6.22 Å². The first-order chi connectivity index (χ1) is 7.58. The Morgan fingerprint density at radius 1 is 1.31 bits per heavy atom. The number of aliphatic hydroxyl groups is 2. The first-order valence-corrected chi connectivity index (χ1v) is 4.52. The third kappa shape index (κ3) is 2.91. The van der Waals surface area contributed by atoms with E-state index in [1.807, 2.05) is 0 Å². The molecule has 1 rings (SSSR count). The number of aliphatic hydroxyl groups excluding tert-OH is 2. The van der Waals surface area contributed by atoms with E-state index in [9.17, 15) is 9.18 Å². The normalized spacial score (nSPS) is 10.2. The zero-order valence-electron chi connectivity index (χ0n) is 8.44. The lowest BCUT2D eigenvalue weighted by Crippen LogP contribution is -2.04. The molecule has 0 amide bonds. The Labute approximate surface area is 91.3 Å². The summed E-state index contributed by atoms with van der Waals surface area (Å²) in [7, 11) is 0. The van der Waals surface area contributed by atoms with Crippen LogP contribution < -0.4 is 5.73 Å². The highest BCUT2D eigenvalue weighted by Gasteiger charge is 2.08. The molecule has 4 N–H and O–H groups in total. The van der Waals surface area contributed by atoms with Crippen molar-refractivity contribution in [1.82, 2.24) is 0 Å². The van der Waals surface area contributed by atoms with Gasteiger partial charge in [0.25, 0.3) is 0 Å². The van der Waals surface area contributed by atoms with Gasteiger partial charge in [-0.2, -0.15) is 0 Å². The highest BCUT2D eigenvalue weighted by molar-refractivity contribution is 5.59. The fourth-order valence-corrected chi connectivity index (χ4v) is 1.34. The smallest absolute Gasteiger partial charge is 0.435 e. The molecule has 0 radical (unpaired) electrons. The summed E-state index contributed by atoms with van der Waals surface area (Å²) in [5.74, 6) is 0. The number of ether oxygens (including phenoxy) is 1. The number of rotatable bonds is 4. The number of nitrogen functional groups attached to an aromatic ring is 1. The van der Waals surface area contributed by atoms with Crippen LogP contribution in [-0.4, -0.2) is 16.4 Å². The molecule has 0 saturated carbocycles. The molecular weight excluding hydrogens is 217 g/mol. The zero-order valence-corrected chi connectivity index (χ0v) is 8.44. The Hall–Kier alpha value is -1.66. The van der Waals surface area contributed by atoms with E-state index < -0.39 is 6.22 Å². The van der Waals surface area contributed by atoms with Crippen molar-refractivity contribution in [2.45, 2.75) is 19.8 Å². The average Bonchev–Trinajstić information content (AvgIpc) is 2.27. The van der Waals surface area contributed by atoms with Gasteiger partial charge in [0.05, 0.1) is 13.2 Å². The number of hydrogen-bond acceptors (Lipinski definition) is 5. The second-order valence-corrected chi connectivity index (χ2v) is 3.17. The van der Waals surface area contributed by atoms with E-state index in [4.69, 9.17) is 15.9 Å². The first-order valence-electron chi connectivity index (χ1n) is 4.52. The molecule has 0 saturated heterocycles. The van der Waals surface area contributed by atoms with Gasteiger partial charge in [-0.15, -0.1) is 4.39 Å². The fraction of sp³-hybridized carbons (Fsp3) is 0.300. The van der Waals surface area contributed by atoms with Crippen LogP contribution in [0.15, 0.2) is 12.1 Å². The molecule has 0 aromatic heterocycles. The molecule has 0 spiro atoms. The number of hydrogen-bond donors (Lipinski definition) is 3. The summed E-state index contributed by atoms with van der Waals surface area (Å²) < 4.78 is 16.0. The van der Waals surface area contributed by atoms with E-state index in [2.05, 4.69) is 4.74 Å². The van der Waals surface area contributed by atoms with Gasteiger partial charge < -0.3 is 20.7 Å². The van der Waals surface area contributed by atoms with Gasteiger partial charge in [0, 0.05) is 16.8 Å². The Bertz CT molecular complexity index is 369. The van der Waals surface area contributed by atoms with E-state index in [0.717, 1.165) is 0 Å². The Balaban J connectivity index is 2.97. The molecule has 1 aromatic rings. The lowest BCUT2D eigenvalue weighted by molar-refractivity contribution is 0.114. The lowest BCUT2D eigenvalue weighted by atomic mass is 10.0. The summed E-state index contributed by atoms with van der Waals surface area (Å²) in [4.78, 5) is 9.98. The topological polar surface area (TPSA) is 92.8 Å². The second kappa shape index (κ2) is 5.43. The molecule has 0 heterocycles. The minimum atomic E-state index is -1.88. The number of halogens is 1. The van der Waals surface area contributed by atoms with E-state index in [1.165, 1.54) is 12.1 Å². The Morgan fingerprint density at radius 3 is 2.19 bits per heavy atom. The molecule has 0 fully saturated rings. The number of carbonyl (C=O) groups excluding carboxylic acids is 1. The van der Waals surface area contributed by atoms with Crippen LogP contribution >= 0.6 is 0 Å². The van der Waals surface area contributed by atoms with Crippen LogP contribution in [0.2, 0.25) is 0 Å². The van der Waals surface area contributed by atoms with Crippen molar-refractivity contribution >= 4 is 11.9 Å². The Morgan fingerprint density at radius 2 is 1.81 bits per heavy atom. The molecule has 0 aliphatic heterocycles. The maximum absolute atomic E-state index is 11.8. The minimum Gasteiger partial charge on any atom is -0.435 e. The molecule has 6 heteroatoms. The molecule has 88 valence electrons. The number of benzene rings is 1. The van der Waals surface area contributed by atoms with E-state index in [0.29, 0.717) is 16.7 Å². The van der Waals surface area contributed by atoms with Crippen LogP contribution in [0, 0.1) is 0 Å². The second-order valence-electron chi connectivity index (χ2n) is 3.17. The van der Waals surface area contributed by atoms with Gasteiger partial charge in [0.15, 0.2) is 0 Å². The summed E-state index contributed by atoms with van der Waals surface area (Å²) in [6.45, 7) is -0.887. The summed E-state index contributed by atoms with van der Waals surface area (Å²) in [6.07, 6.45) is -1.88. The van der Waals surface area contributed by atoms with E-state index in [1.54, 1.807) is 0 Å². The molecule has 0 bridgehead atoms. The van der Waals surface area contributed by atoms with Crippen molar-refractivity contribution in [3.05, 3.63) is 28.8 Å². The van der Waals surface area contributed by atoms with Crippen molar-refractivity contribution in [2.24, 2.45) is 0 Å². The third-order valence-corrected chi connectivity index (χ3v) is 2.10. The van der Waals surface area contributed by atoms with Gasteiger partial charge in [-0.25, -0.2) is 4.79 Å². The predicted molar refractivity (Wildman–Crippen MR) is 54.0 cm³/mol. The van der Waals surface area contributed by atoms with Crippen molar-refractivity contribution < 1.29 is 24.1 Å². The van der Waals surface area contributed by atoms with Crippen LogP contribution in [0.1, 0.15) is 16.7 Å². The van der Waals surface area contributed by atoms with Gasteiger partial charge in [-0.1, -0.05) is 0 Å². The van der Waals surface area contributed by atoms with Crippen molar-refractivity contribution in [2.75, 3.05) is 5.73 Å². The van der Waals surface area contributed by atoms with Crippen LogP contribution in [-0.2, 0) is 24.6 Å². The van der Waals surface area contributed by atoms with Crippen molar-refractivity contribution in [3.8, 4) is 0 Å². The summed E-state index contributed by atoms with van der Waals surface area (Å²) in [5, 5.41) is 18.0. The Kier molecular flexibility index (Phi) is 4.21. The number of anilines is 1. The minimum absolute atomic E-state index is 0.268. The first kappa shape index (κ1) is 12.4. The molecule has 0 aliphatic carbocycles. The van der Waals surface area contributed by atoms with Crippen LogP contribution in [0.3, 0.4) is 0 Å². The molecule has 1 aromatic carbocycles. The highest BCUT2D eigenvalue weighted by atomic mass is 19.1. The monoisotopic (exact) mass is 229 g/mol. The van der Waals surface area contributed by atoms with Gasteiger partial charge in [-0.3, -0.25) is 0 Å². The van der Waals surface area contributed by atoms with Gasteiger partial charge in [0.2, 0.25) is 0 Å². The van der Waals surface area contributed by atoms with Crippen LogP contribution in [0.4, 0.5) is 14.9 Å².